The summed E-state index contributed by atoms with van der Waals surface area (Å²) >= 11 is 0. The van der Waals surface area contributed by atoms with Crippen molar-refractivity contribution in [3.05, 3.63) is 17.8 Å². The lowest BCUT2D eigenvalue weighted by molar-refractivity contribution is 0.930. The van der Waals surface area contributed by atoms with Crippen LogP contribution in [0, 0.1) is 0 Å². The second-order valence-corrected chi connectivity index (χ2v) is 4.79. The lowest BCUT2D eigenvalue weighted by atomic mass is 10.1. The second-order valence-electron chi connectivity index (χ2n) is 4.79. The molecule has 0 saturated carbocycles. The average Bonchev–Trinajstić information content (AvgIpc) is 3.09. The quantitative estimate of drug-likeness (QED) is 0.873. The van der Waals surface area contributed by atoms with E-state index >= 15 is 0 Å². The van der Waals surface area contributed by atoms with Gasteiger partial charge in [0.15, 0.2) is 0 Å². The van der Waals surface area contributed by atoms with E-state index in [1.54, 1.807) is 0 Å². The van der Waals surface area contributed by atoms with Crippen molar-refractivity contribution in [2.75, 3.05) is 23.7 Å². The largest absolute Gasteiger partial charge is 0.368 e. The first-order valence-electron chi connectivity index (χ1n) is 6.70. The second kappa shape index (κ2) is 4.87. The molecule has 19 heavy (non-hydrogen) atoms. The van der Waals surface area contributed by atoms with Crippen LogP contribution in [0.25, 0.3) is 11.4 Å². The third-order valence-electron chi connectivity index (χ3n) is 3.51. The minimum Gasteiger partial charge on any atom is -0.368 e. The van der Waals surface area contributed by atoms with E-state index in [4.69, 9.17) is 5.73 Å². The molecule has 3 N–H and O–H groups in total. The summed E-state index contributed by atoms with van der Waals surface area (Å²) in [5.41, 5.74) is 8.75. The Morgan fingerprint density at radius 1 is 1.32 bits per heavy atom. The van der Waals surface area contributed by atoms with Gasteiger partial charge in [0, 0.05) is 19.2 Å². The number of aromatic nitrogens is 4. The highest BCUT2D eigenvalue weighted by Gasteiger charge is 2.17. The van der Waals surface area contributed by atoms with E-state index in [0.29, 0.717) is 5.95 Å². The molecule has 1 aliphatic heterocycles. The van der Waals surface area contributed by atoms with Crippen molar-refractivity contribution in [3.63, 3.8) is 0 Å². The third kappa shape index (κ3) is 2.25. The Bertz CT molecular complexity index is 570. The highest BCUT2D eigenvalue weighted by Crippen LogP contribution is 2.25. The summed E-state index contributed by atoms with van der Waals surface area (Å²) in [5, 5.41) is 7.09. The van der Waals surface area contributed by atoms with Gasteiger partial charge in [0.2, 0.25) is 5.95 Å². The Labute approximate surface area is 112 Å². The maximum atomic E-state index is 5.84. The van der Waals surface area contributed by atoms with Gasteiger partial charge in [-0.25, -0.2) is 4.98 Å². The number of aryl methyl sites for hydroxylation is 1. The average molecular weight is 258 g/mol. The van der Waals surface area contributed by atoms with Gasteiger partial charge in [-0.1, -0.05) is 6.92 Å². The molecule has 0 atom stereocenters. The highest BCUT2D eigenvalue weighted by atomic mass is 15.2. The molecule has 0 radical (unpaired) electrons. The molecule has 1 aliphatic rings. The fourth-order valence-corrected chi connectivity index (χ4v) is 2.49. The van der Waals surface area contributed by atoms with Crippen molar-refractivity contribution in [2.24, 2.45) is 0 Å². The summed E-state index contributed by atoms with van der Waals surface area (Å²) in [5.74, 6) is 1.23. The number of nitrogens with one attached hydrogen (secondary N) is 1. The van der Waals surface area contributed by atoms with Crippen molar-refractivity contribution in [1.29, 1.82) is 0 Å². The molecule has 100 valence electrons. The Morgan fingerprint density at radius 3 is 2.84 bits per heavy atom. The standard InChI is InChI=1S/C13H18N6/c1-2-9-8-15-18-12(9)10-7-11(17-13(14)16-10)19-5-3-4-6-19/h7-8H,2-6H2,1H3,(H,15,18)(H2,14,16,17). The summed E-state index contributed by atoms with van der Waals surface area (Å²) in [7, 11) is 0. The predicted molar refractivity (Wildman–Crippen MR) is 74.9 cm³/mol. The van der Waals surface area contributed by atoms with Gasteiger partial charge in [-0.3, -0.25) is 5.10 Å². The smallest absolute Gasteiger partial charge is 0.222 e. The zero-order valence-electron chi connectivity index (χ0n) is 11.1. The SMILES string of the molecule is CCc1cn[nH]c1-c1cc(N2CCCC2)nc(N)n1. The van der Waals surface area contributed by atoms with Gasteiger partial charge in [0.1, 0.15) is 5.82 Å². The lowest BCUT2D eigenvalue weighted by Crippen LogP contribution is -2.20. The van der Waals surface area contributed by atoms with Crippen LogP contribution in [-0.2, 0) is 6.42 Å². The van der Waals surface area contributed by atoms with E-state index in [1.165, 1.54) is 12.8 Å². The summed E-state index contributed by atoms with van der Waals surface area (Å²) in [6.45, 7) is 4.18. The first-order chi connectivity index (χ1) is 9.28. The number of nitrogens with two attached hydrogens (primary N) is 1. The molecule has 0 aliphatic carbocycles. The summed E-state index contributed by atoms with van der Waals surface area (Å²) in [6, 6.07) is 1.99. The van der Waals surface area contributed by atoms with E-state index < -0.39 is 0 Å². The summed E-state index contributed by atoms with van der Waals surface area (Å²) in [6.07, 6.45) is 5.17. The lowest BCUT2D eigenvalue weighted by Gasteiger charge is -2.17. The Morgan fingerprint density at radius 2 is 2.11 bits per heavy atom. The maximum absolute atomic E-state index is 5.84. The molecule has 3 rings (SSSR count). The molecule has 0 spiro atoms. The number of nitrogens with zero attached hydrogens (tertiary/aromatic N) is 4. The number of nitrogen functional groups attached to an aromatic ring is 1. The molecule has 1 fully saturated rings. The zero-order chi connectivity index (χ0) is 13.2. The fraction of sp³-hybridized carbons (Fsp3) is 0.462. The Kier molecular flexibility index (Phi) is 3.06. The summed E-state index contributed by atoms with van der Waals surface area (Å²) < 4.78 is 0. The molecular weight excluding hydrogens is 240 g/mol. The van der Waals surface area contributed by atoms with Crippen LogP contribution in [0.5, 0.6) is 0 Å². The van der Waals surface area contributed by atoms with E-state index in [0.717, 1.165) is 42.3 Å². The first kappa shape index (κ1) is 12.0. The normalized spacial score (nSPS) is 15.1. The highest BCUT2D eigenvalue weighted by molar-refractivity contribution is 5.64. The first-order valence-corrected chi connectivity index (χ1v) is 6.70. The van der Waals surface area contributed by atoms with Gasteiger partial charge in [0.25, 0.3) is 0 Å². The van der Waals surface area contributed by atoms with Crippen LogP contribution in [0.15, 0.2) is 12.3 Å². The van der Waals surface area contributed by atoms with E-state index in [-0.39, 0.29) is 0 Å². The van der Waals surface area contributed by atoms with Crippen LogP contribution in [0.2, 0.25) is 0 Å². The van der Waals surface area contributed by atoms with E-state index in [9.17, 15) is 0 Å². The molecule has 0 aromatic carbocycles. The Hall–Kier alpha value is -2.11. The van der Waals surface area contributed by atoms with Gasteiger partial charge in [-0.15, -0.1) is 0 Å². The monoisotopic (exact) mass is 258 g/mol. The number of H-pyrrole nitrogens is 1. The molecular formula is C13H18N6. The van der Waals surface area contributed by atoms with Gasteiger partial charge in [0.05, 0.1) is 17.6 Å². The fourth-order valence-electron chi connectivity index (χ4n) is 2.49. The Balaban J connectivity index is 2.02. The number of rotatable bonds is 3. The van der Waals surface area contributed by atoms with E-state index in [1.807, 2.05) is 12.3 Å². The number of hydrogen-bond acceptors (Lipinski definition) is 5. The van der Waals surface area contributed by atoms with Crippen LogP contribution in [-0.4, -0.2) is 33.3 Å². The van der Waals surface area contributed by atoms with Crippen LogP contribution < -0.4 is 10.6 Å². The van der Waals surface area contributed by atoms with Gasteiger partial charge in [-0.2, -0.15) is 10.1 Å². The van der Waals surface area contributed by atoms with Crippen molar-refractivity contribution < 1.29 is 0 Å². The molecule has 6 nitrogen and oxygen atoms in total. The minimum atomic E-state index is 0.316. The molecule has 0 amide bonds. The van der Waals surface area contributed by atoms with Crippen LogP contribution in [0.3, 0.4) is 0 Å². The number of hydrogen-bond donors (Lipinski definition) is 2. The van der Waals surface area contributed by atoms with Crippen molar-refractivity contribution in [2.45, 2.75) is 26.2 Å². The van der Waals surface area contributed by atoms with Crippen LogP contribution >= 0.6 is 0 Å². The molecule has 2 aromatic rings. The number of aromatic amines is 1. The molecule has 6 heteroatoms. The van der Waals surface area contributed by atoms with Gasteiger partial charge in [-0.05, 0) is 24.8 Å². The maximum Gasteiger partial charge on any atom is 0.222 e. The molecule has 3 heterocycles. The predicted octanol–water partition coefficient (Wildman–Crippen LogP) is 1.61. The number of anilines is 2. The van der Waals surface area contributed by atoms with Crippen LogP contribution in [0.1, 0.15) is 25.3 Å². The van der Waals surface area contributed by atoms with Gasteiger partial charge < -0.3 is 10.6 Å². The summed E-state index contributed by atoms with van der Waals surface area (Å²) in [4.78, 5) is 10.9. The molecule has 0 unspecified atom stereocenters. The molecule has 1 saturated heterocycles. The van der Waals surface area contributed by atoms with Gasteiger partial charge >= 0.3 is 0 Å². The minimum absolute atomic E-state index is 0.316. The van der Waals surface area contributed by atoms with Crippen molar-refractivity contribution >= 4 is 11.8 Å². The van der Waals surface area contributed by atoms with Crippen molar-refractivity contribution in [3.8, 4) is 11.4 Å². The molecule has 0 bridgehead atoms. The van der Waals surface area contributed by atoms with Crippen LogP contribution in [0.4, 0.5) is 11.8 Å². The van der Waals surface area contributed by atoms with Crippen molar-refractivity contribution in [1.82, 2.24) is 20.2 Å². The third-order valence-corrected chi connectivity index (χ3v) is 3.51. The topological polar surface area (TPSA) is 83.7 Å². The van der Waals surface area contributed by atoms with E-state index in [2.05, 4.69) is 32.0 Å². The molecule has 2 aromatic heterocycles. The zero-order valence-corrected chi connectivity index (χ0v) is 11.1.